The number of anilines is 2. The van der Waals surface area contributed by atoms with Gasteiger partial charge in [0.15, 0.2) is 0 Å². The third-order valence-electron chi connectivity index (χ3n) is 2.35. The van der Waals surface area contributed by atoms with Gasteiger partial charge in [-0.25, -0.2) is 0 Å². The number of nitrogen functional groups attached to an aromatic ring is 2. The van der Waals surface area contributed by atoms with Gasteiger partial charge in [-0.05, 0) is 30.3 Å². The van der Waals surface area contributed by atoms with Crippen LogP contribution in [0.4, 0.5) is 11.4 Å². The lowest BCUT2D eigenvalue weighted by Crippen LogP contribution is -2.10. The van der Waals surface area contributed by atoms with Crippen molar-refractivity contribution in [1.29, 1.82) is 0 Å². The van der Waals surface area contributed by atoms with Gasteiger partial charge in [0.2, 0.25) is 0 Å². The number of halogens is 1. The molecule has 19 heavy (non-hydrogen) atoms. The second-order valence-corrected chi connectivity index (χ2v) is 6.25. The van der Waals surface area contributed by atoms with Gasteiger partial charge in [0.25, 0.3) is 0 Å². The quantitative estimate of drug-likeness (QED) is 0.659. The summed E-state index contributed by atoms with van der Waals surface area (Å²) < 4.78 is 29.7. The Hall–Kier alpha value is -1.73. The minimum atomic E-state index is -3.89. The van der Waals surface area contributed by atoms with E-state index in [-0.39, 0.29) is 16.3 Å². The molecule has 0 atom stereocenters. The Morgan fingerprint density at radius 3 is 2.37 bits per heavy atom. The molecule has 2 rings (SSSR count). The Morgan fingerprint density at radius 1 is 1.00 bits per heavy atom. The Morgan fingerprint density at radius 2 is 1.74 bits per heavy atom. The van der Waals surface area contributed by atoms with Crippen molar-refractivity contribution in [3.05, 3.63) is 46.9 Å². The minimum Gasteiger partial charge on any atom is -0.397 e. The Bertz CT molecular complexity index is 717. The van der Waals surface area contributed by atoms with Gasteiger partial charge < -0.3 is 15.7 Å². The SMILES string of the molecule is Nc1ccc(OS(=O)(=O)c2cccc(Br)c2)cc1N. The summed E-state index contributed by atoms with van der Waals surface area (Å²) in [6.45, 7) is 0. The first-order valence-corrected chi connectivity index (χ1v) is 7.44. The smallest absolute Gasteiger partial charge is 0.339 e. The molecule has 100 valence electrons. The highest BCUT2D eigenvalue weighted by atomic mass is 79.9. The normalized spacial score (nSPS) is 11.2. The fourth-order valence-electron chi connectivity index (χ4n) is 1.40. The van der Waals surface area contributed by atoms with E-state index in [0.29, 0.717) is 10.2 Å². The molecular formula is C12H11BrN2O3S. The van der Waals surface area contributed by atoms with Crippen molar-refractivity contribution < 1.29 is 12.6 Å². The van der Waals surface area contributed by atoms with Crippen molar-refractivity contribution in [2.24, 2.45) is 0 Å². The summed E-state index contributed by atoms with van der Waals surface area (Å²) in [7, 11) is -3.89. The lowest BCUT2D eigenvalue weighted by molar-refractivity contribution is 0.486. The van der Waals surface area contributed by atoms with Gasteiger partial charge in [0.1, 0.15) is 10.6 Å². The fraction of sp³-hybridized carbons (Fsp3) is 0. The molecule has 0 aliphatic rings. The zero-order valence-electron chi connectivity index (χ0n) is 9.71. The predicted octanol–water partition coefficient (Wildman–Crippen LogP) is 2.38. The number of nitrogens with two attached hydrogens (primary N) is 2. The monoisotopic (exact) mass is 342 g/mol. The largest absolute Gasteiger partial charge is 0.397 e. The molecular weight excluding hydrogens is 332 g/mol. The molecule has 0 spiro atoms. The molecule has 4 N–H and O–H groups in total. The van der Waals surface area contributed by atoms with E-state index >= 15 is 0 Å². The number of benzene rings is 2. The summed E-state index contributed by atoms with van der Waals surface area (Å²) >= 11 is 3.20. The van der Waals surface area contributed by atoms with Crippen molar-refractivity contribution in [1.82, 2.24) is 0 Å². The highest BCUT2D eigenvalue weighted by molar-refractivity contribution is 9.10. The van der Waals surface area contributed by atoms with E-state index in [1.807, 2.05) is 0 Å². The summed E-state index contributed by atoms with van der Waals surface area (Å²) in [4.78, 5) is 0.0530. The van der Waals surface area contributed by atoms with Crippen molar-refractivity contribution in [2.45, 2.75) is 4.90 Å². The first-order valence-electron chi connectivity index (χ1n) is 5.23. The molecule has 0 radical (unpaired) electrons. The molecule has 0 saturated heterocycles. The average molecular weight is 343 g/mol. The van der Waals surface area contributed by atoms with Crippen LogP contribution < -0.4 is 15.7 Å². The van der Waals surface area contributed by atoms with Gasteiger partial charge in [-0.2, -0.15) is 8.42 Å². The Labute approximate surface area is 119 Å². The van der Waals surface area contributed by atoms with Gasteiger partial charge in [0.05, 0.1) is 11.4 Å². The van der Waals surface area contributed by atoms with Gasteiger partial charge in [-0.3, -0.25) is 0 Å². The Kier molecular flexibility index (Phi) is 3.68. The molecule has 0 fully saturated rings. The molecule has 0 aliphatic heterocycles. The van der Waals surface area contributed by atoms with Crippen LogP contribution in [0, 0.1) is 0 Å². The molecule has 0 aliphatic carbocycles. The summed E-state index contributed by atoms with van der Waals surface area (Å²) in [5, 5.41) is 0. The lowest BCUT2D eigenvalue weighted by Gasteiger charge is -2.08. The zero-order valence-corrected chi connectivity index (χ0v) is 12.1. The van der Waals surface area contributed by atoms with Crippen LogP contribution in [0.3, 0.4) is 0 Å². The maximum absolute atomic E-state index is 12.0. The Balaban J connectivity index is 2.33. The fourth-order valence-corrected chi connectivity index (χ4v) is 2.92. The number of hydrogen-bond donors (Lipinski definition) is 2. The van der Waals surface area contributed by atoms with Crippen LogP contribution in [0.25, 0.3) is 0 Å². The highest BCUT2D eigenvalue weighted by Gasteiger charge is 2.17. The first kappa shape index (κ1) is 13.7. The minimum absolute atomic E-state index is 0.0530. The average Bonchev–Trinajstić information content (AvgIpc) is 2.33. The third kappa shape index (κ3) is 3.18. The van der Waals surface area contributed by atoms with Gasteiger partial charge in [-0.15, -0.1) is 0 Å². The van der Waals surface area contributed by atoms with Crippen molar-refractivity contribution >= 4 is 37.4 Å². The van der Waals surface area contributed by atoms with E-state index in [9.17, 15) is 8.42 Å². The molecule has 0 bridgehead atoms. The van der Waals surface area contributed by atoms with E-state index in [1.165, 1.54) is 30.3 Å². The molecule has 0 amide bonds. The summed E-state index contributed by atoms with van der Waals surface area (Å²) in [5.74, 6) is 0.117. The van der Waals surface area contributed by atoms with Crippen LogP contribution in [0.2, 0.25) is 0 Å². The molecule has 7 heteroatoms. The molecule has 0 unspecified atom stereocenters. The van der Waals surface area contributed by atoms with E-state index in [4.69, 9.17) is 15.7 Å². The van der Waals surface area contributed by atoms with Crippen molar-refractivity contribution in [3.8, 4) is 5.75 Å². The topological polar surface area (TPSA) is 95.4 Å². The van der Waals surface area contributed by atoms with Crippen LogP contribution in [0.5, 0.6) is 5.75 Å². The highest BCUT2D eigenvalue weighted by Crippen LogP contribution is 2.25. The van der Waals surface area contributed by atoms with E-state index in [2.05, 4.69) is 15.9 Å². The van der Waals surface area contributed by atoms with E-state index in [0.717, 1.165) is 0 Å². The second kappa shape index (κ2) is 5.10. The standard InChI is InChI=1S/C12H11BrN2O3S/c13-8-2-1-3-10(6-8)19(16,17)18-9-4-5-11(14)12(15)7-9/h1-7H,14-15H2. The van der Waals surface area contributed by atoms with Crippen LogP contribution in [-0.2, 0) is 10.1 Å². The van der Waals surface area contributed by atoms with Gasteiger partial charge in [0, 0.05) is 10.5 Å². The number of hydrogen-bond acceptors (Lipinski definition) is 5. The van der Waals surface area contributed by atoms with E-state index in [1.54, 1.807) is 12.1 Å². The zero-order chi connectivity index (χ0) is 14.0. The molecule has 0 heterocycles. The van der Waals surface area contributed by atoms with Crippen LogP contribution >= 0.6 is 15.9 Å². The molecule has 0 saturated carbocycles. The summed E-state index contributed by atoms with van der Waals surface area (Å²) in [6.07, 6.45) is 0. The number of rotatable bonds is 3. The van der Waals surface area contributed by atoms with Crippen LogP contribution in [-0.4, -0.2) is 8.42 Å². The van der Waals surface area contributed by atoms with E-state index < -0.39 is 10.1 Å². The lowest BCUT2D eigenvalue weighted by atomic mass is 10.3. The second-order valence-electron chi connectivity index (χ2n) is 3.79. The predicted molar refractivity (Wildman–Crippen MR) is 77.2 cm³/mol. The molecule has 2 aromatic rings. The van der Waals surface area contributed by atoms with Gasteiger partial charge in [-0.1, -0.05) is 22.0 Å². The van der Waals surface area contributed by atoms with Crippen molar-refractivity contribution in [2.75, 3.05) is 11.5 Å². The maximum Gasteiger partial charge on any atom is 0.339 e. The molecule has 0 aromatic heterocycles. The maximum atomic E-state index is 12.0. The van der Waals surface area contributed by atoms with Crippen molar-refractivity contribution in [3.63, 3.8) is 0 Å². The van der Waals surface area contributed by atoms with Gasteiger partial charge >= 0.3 is 10.1 Å². The first-order chi connectivity index (χ1) is 8.88. The summed E-state index contributed by atoms with van der Waals surface area (Å²) in [5.41, 5.74) is 11.8. The molecule has 2 aromatic carbocycles. The molecule has 5 nitrogen and oxygen atoms in total. The third-order valence-corrected chi connectivity index (χ3v) is 4.09. The summed E-state index contributed by atoms with van der Waals surface area (Å²) in [6, 6.07) is 10.5. The van der Waals surface area contributed by atoms with Crippen LogP contribution in [0.15, 0.2) is 51.8 Å². The van der Waals surface area contributed by atoms with Crippen LogP contribution in [0.1, 0.15) is 0 Å².